The van der Waals surface area contributed by atoms with Crippen LogP contribution in [0.3, 0.4) is 0 Å². The number of esters is 1. The van der Waals surface area contributed by atoms with E-state index in [-0.39, 0.29) is 11.9 Å². The molecule has 5 heteroatoms. The molecule has 2 atom stereocenters. The second-order valence-corrected chi connectivity index (χ2v) is 5.39. The summed E-state index contributed by atoms with van der Waals surface area (Å²) in [6.45, 7) is 3.61. The van der Waals surface area contributed by atoms with Crippen LogP contribution in [0, 0.1) is 5.92 Å². The van der Waals surface area contributed by atoms with Crippen LogP contribution < -0.4 is 10.6 Å². The van der Waals surface area contributed by atoms with E-state index in [0.717, 1.165) is 18.8 Å². The molecule has 2 unspecified atom stereocenters. The maximum atomic E-state index is 12.2. The Balaban J connectivity index is 2.30. The second-order valence-electron chi connectivity index (χ2n) is 4.95. The first-order valence-corrected chi connectivity index (χ1v) is 6.79. The van der Waals surface area contributed by atoms with Crippen molar-refractivity contribution in [1.82, 2.24) is 5.32 Å². The number of anilines is 1. The van der Waals surface area contributed by atoms with Gasteiger partial charge in [-0.3, -0.25) is 0 Å². The van der Waals surface area contributed by atoms with Crippen LogP contribution in [0.4, 0.5) is 5.69 Å². The zero-order valence-corrected chi connectivity index (χ0v) is 12.0. The predicted molar refractivity (Wildman–Crippen MR) is 76.5 cm³/mol. The molecule has 1 aromatic rings. The fraction of sp³-hybridized carbons (Fsp3) is 0.500. The molecular formula is C14H19ClN2O2. The van der Waals surface area contributed by atoms with Gasteiger partial charge < -0.3 is 15.4 Å². The van der Waals surface area contributed by atoms with Crippen LogP contribution in [0.15, 0.2) is 24.3 Å². The number of ether oxygens (including phenoxy) is 1. The molecule has 0 saturated carbocycles. The molecule has 1 aliphatic rings. The molecule has 1 saturated heterocycles. The van der Waals surface area contributed by atoms with E-state index in [2.05, 4.69) is 10.6 Å². The third-order valence-electron chi connectivity index (χ3n) is 3.73. The van der Waals surface area contributed by atoms with Gasteiger partial charge in [0, 0.05) is 23.2 Å². The van der Waals surface area contributed by atoms with Gasteiger partial charge in [0.05, 0.1) is 7.11 Å². The Kier molecular flexibility index (Phi) is 4.32. The number of carbonyl (C=O) groups excluding carboxylic acids is 1. The Morgan fingerprint density at radius 2 is 2.37 bits per heavy atom. The van der Waals surface area contributed by atoms with Gasteiger partial charge in [-0.25, -0.2) is 4.79 Å². The number of hydrogen-bond donors (Lipinski definition) is 2. The Bertz CT molecular complexity index is 467. The van der Waals surface area contributed by atoms with Crippen molar-refractivity contribution in [2.45, 2.75) is 18.9 Å². The zero-order chi connectivity index (χ0) is 13.9. The molecule has 0 bridgehead atoms. The van der Waals surface area contributed by atoms with Gasteiger partial charge in [-0.2, -0.15) is 0 Å². The van der Waals surface area contributed by atoms with Gasteiger partial charge in [-0.15, -0.1) is 0 Å². The summed E-state index contributed by atoms with van der Waals surface area (Å²) in [7, 11) is 1.43. The molecule has 0 aromatic heterocycles. The van der Waals surface area contributed by atoms with Crippen molar-refractivity contribution in [2.75, 3.05) is 25.5 Å². The van der Waals surface area contributed by atoms with Crippen molar-refractivity contribution in [1.29, 1.82) is 0 Å². The molecule has 1 aliphatic heterocycles. The van der Waals surface area contributed by atoms with Gasteiger partial charge in [-0.05, 0) is 31.2 Å². The number of halogens is 1. The third-order valence-corrected chi connectivity index (χ3v) is 3.96. The predicted octanol–water partition coefficient (Wildman–Crippen LogP) is 2.29. The van der Waals surface area contributed by atoms with E-state index in [1.54, 1.807) is 0 Å². The Morgan fingerprint density at radius 1 is 1.58 bits per heavy atom. The first kappa shape index (κ1) is 14.2. The summed E-state index contributed by atoms with van der Waals surface area (Å²) in [5.74, 6) is -0.0887. The van der Waals surface area contributed by atoms with Gasteiger partial charge >= 0.3 is 5.97 Å². The molecular weight excluding hydrogens is 264 g/mol. The van der Waals surface area contributed by atoms with Gasteiger partial charge in [-0.1, -0.05) is 24.6 Å². The number of benzene rings is 1. The van der Waals surface area contributed by atoms with Crippen LogP contribution in [0.5, 0.6) is 0 Å². The maximum absolute atomic E-state index is 12.2. The van der Waals surface area contributed by atoms with E-state index in [9.17, 15) is 4.79 Å². The number of hydrogen-bond acceptors (Lipinski definition) is 4. The third kappa shape index (κ3) is 2.85. The topological polar surface area (TPSA) is 50.4 Å². The molecule has 104 valence electrons. The van der Waals surface area contributed by atoms with Crippen molar-refractivity contribution in [3.05, 3.63) is 29.3 Å². The number of carbonyl (C=O) groups is 1. The van der Waals surface area contributed by atoms with Crippen LogP contribution in [0.1, 0.15) is 13.3 Å². The van der Waals surface area contributed by atoms with E-state index in [1.165, 1.54) is 7.11 Å². The minimum atomic E-state index is -0.690. The first-order valence-electron chi connectivity index (χ1n) is 6.41. The average Bonchev–Trinajstić information content (AvgIpc) is 2.40. The van der Waals surface area contributed by atoms with E-state index in [0.29, 0.717) is 11.4 Å². The highest BCUT2D eigenvalue weighted by Gasteiger charge is 2.46. The van der Waals surface area contributed by atoms with Crippen molar-refractivity contribution in [2.24, 2.45) is 5.92 Å². The van der Waals surface area contributed by atoms with Gasteiger partial charge in [0.25, 0.3) is 0 Å². The number of methoxy groups -OCH3 is 1. The van der Waals surface area contributed by atoms with E-state index in [4.69, 9.17) is 16.3 Å². The summed E-state index contributed by atoms with van der Waals surface area (Å²) in [6, 6.07) is 7.40. The molecule has 19 heavy (non-hydrogen) atoms. The van der Waals surface area contributed by atoms with Crippen molar-refractivity contribution in [3.63, 3.8) is 0 Å². The molecule has 0 spiro atoms. The summed E-state index contributed by atoms with van der Waals surface area (Å²) < 4.78 is 5.00. The van der Waals surface area contributed by atoms with Crippen molar-refractivity contribution < 1.29 is 9.53 Å². The molecule has 0 aliphatic carbocycles. The lowest BCUT2D eigenvalue weighted by atomic mass is 9.79. The first-order chi connectivity index (χ1) is 9.08. The van der Waals surface area contributed by atoms with Crippen LogP contribution in [0.25, 0.3) is 0 Å². The molecule has 0 amide bonds. The van der Waals surface area contributed by atoms with Gasteiger partial charge in [0.1, 0.15) is 5.54 Å². The lowest BCUT2D eigenvalue weighted by Gasteiger charge is -2.41. The quantitative estimate of drug-likeness (QED) is 0.835. The molecule has 2 rings (SSSR count). The largest absolute Gasteiger partial charge is 0.467 e. The Labute approximate surface area is 118 Å². The number of piperidine rings is 1. The van der Waals surface area contributed by atoms with Crippen LogP contribution in [0.2, 0.25) is 5.02 Å². The van der Waals surface area contributed by atoms with Gasteiger partial charge in [0.2, 0.25) is 0 Å². The average molecular weight is 283 g/mol. The lowest BCUT2D eigenvalue weighted by molar-refractivity contribution is -0.148. The van der Waals surface area contributed by atoms with Crippen molar-refractivity contribution in [3.8, 4) is 0 Å². The van der Waals surface area contributed by atoms with E-state index < -0.39 is 5.54 Å². The van der Waals surface area contributed by atoms with Crippen molar-refractivity contribution >= 4 is 23.3 Å². The molecule has 1 heterocycles. The summed E-state index contributed by atoms with van der Waals surface area (Å²) >= 11 is 5.99. The smallest absolute Gasteiger partial charge is 0.331 e. The molecule has 0 radical (unpaired) electrons. The highest BCUT2D eigenvalue weighted by Crippen LogP contribution is 2.31. The normalized spacial score (nSPS) is 26.8. The van der Waals surface area contributed by atoms with Crippen LogP contribution in [-0.2, 0) is 9.53 Å². The van der Waals surface area contributed by atoms with Crippen LogP contribution >= 0.6 is 11.6 Å². The Hall–Kier alpha value is -1.26. The fourth-order valence-electron chi connectivity index (χ4n) is 2.57. The molecule has 1 fully saturated rings. The van der Waals surface area contributed by atoms with E-state index >= 15 is 0 Å². The fourth-order valence-corrected chi connectivity index (χ4v) is 2.76. The summed E-state index contributed by atoms with van der Waals surface area (Å²) in [5.41, 5.74) is 0.150. The standard InChI is InChI=1S/C14H19ClN2O2/c1-10-9-16-7-6-14(10,13(18)19-2)17-12-5-3-4-11(15)8-12/h3-5,8,10,16-17H,6-7,9H2,1-2H3. The SMILES string of the molecule is COC(=O)C1(Nc2cccc(Cl)c2)CCNCC1C. The summed E-state index contributed by atoms with van der Waals surface area (Å²) in [6.07, 6.45) is 0.688. The lowest BCUT2D eigenvalue weighted by Crippen LogP contribution is -2.59. The second kappa shape index (κ2) is 5.80. The highest BCUT2D eigenvalue weighted by molar-refractivity contribution is 6.30. The number of nitrogens with one attached hydrogen (secondary N) is 2. The van der Waals surface area contributed by atoms with E-state index in [1.807, 2.05) is 31.2 Å². The minimum absolute atomic E-state index is 0.132. The summed E-state index contributed by atoms with van der Waals surface area (Å²) in [4.78, 5) is 12.2. The zero-order valence-electron chi connectivity index (χ0n) is 11.2. The van der Waals surface area contributed by atoms with Gasteiger partial charge in [0.15, 0.2) is 0 Å². The Morgan fingerprint density at radius 3 is 3.00 bits per heavy atom. The molecule has 2 N–H and O–H groups in total. The molecule has 4 nitrogen and oxygen atoms in total. The monoisotopic (exact) mass is 282 g/mol. The maximum Gasteiger partial charge on any atom is 0.331 e. The molecule has 1 aromatic carbocycles. The van der Waals surface area contributed by atoms with Crippen LogP contribution in [-0.4, -0.2) is 31.7 Å². The minimum Gasteiger partial charge on any atom is -0.467 e. The summed E-state index contributed by atoms with van der Waals surface area (Å²) in [5, 5.41) is 7.27. The number of rotatable bonds is 3. The highest BCUT2D eigenvalue weighted by atomic mass is 35.5.